The summed E-state index contributed by atoms with van der Waals surface area (Å²) in [6.45, 7) is 11.6. The summed E-state index contributed by atoms with van der Waals surface area (Å²) in [5, 5.41) is 12.1. The molecule has 1 aliphatic heterocycles. The highest BCUT2D eigenvalue weighted by Crippen LogP contribution is 2.35. The maximum Gasteiger partial charge on any atom is 0.251 e. The number of methoxy groups -OCH3 is 1. The average Bonchev–Trinajstić information content (AvgIpc) is 3.72. The Balaban J connectivity index is 1.28. The Kier molecular flexibility index (Phi) is 9.49. The number of nitrogens with one attached hydrogen (secondary N) is 2. The van der Waals surface area contributed by atoms with Crippen LogP contribution in [-0.2, 0) is 23.3 Å². The van der Waals surface area contributed by atoms with Crippen molar-refractivity contribution >= 4 is 28.7 Å². The topological polar surface area (TPSA) is 101 Å². The summed E-state index contributed by atoms with van der Waals surface area (Å²) >= 11 is 0. The van der Waals surface area contributed by atoms with Gasteiger partial charge in [-0.25, -0.2) is 14.1 Å². The lowest BCUT2D eigenvalue weighted by Gasteiger charge is -2.19. The van der Waals surface area contributed by atoms with Crippen molar-refractivity contribution in [1.82, 2.24) is 25.0 Å². The van der Waals surface area contributed by atoms with Crippen molar-refractivity contribution in [2.75, 3.05) is 25.5 Å². The molecule has 49 heavy (non-hydrogen) atoms. The van der Waals surface area contributed by atoms with Crippen molar-refractivity contribution in [1.29, 1.82) is 0 Å². The number of hydrogen-bond acceptors (Lipinski definition) is 6. The Morgan fingerprint density at radius 2 is 1.82 bits per heavy atom. The Morgan fingerprint density at radius 1 is 1.06 bits per heavy atom. The highest BCUT2D eigenvalue weighted by Gasteiger charge is 2.27. The van der Waals surface area contributed by atoms with E-state index in [9.17, 15) is 9.59 Å². The first kappa shape index (κ1) is 33.4. The van der Waals surface area contributed by atoms with Crippen LogP contribution in [0, 0.1) is 5.82 Å². The van der Waals surface area contributed by atoms with E-state index in [0.29, 0.717) is 47.8 Å². The zero-order valence-electron chi connectivity index (χ0n) is 28.3. The van der Waals surface area contributed by atoms with Gasteiger partial charge in [-0.3, -0.25) is 9.59 Å². The predicted molar refractivity (Wildman–Crippen MR) is 190 cm³/mol. The summed E-state index contributed by atoms with van der Waals surface area (Å²) in [6, 6.07) is 22.1. The fraction of sp³-hybridized carbons (Fsp3) is 0.282. The summed E-state index contributed by atoms with van der Waals surface area (Å²) in [6.07, 6.45) is 3.78. The number of anilines is 1. The lowest BCUT2D eigenvalue weighted by atomic mass is 9.87. The molecular weight excluding hydrogens is 619 g/mol. The van der Waals surface area contributed by atoms with Crippen LogP contribution in [0.15, 0.2) is 91.6 Å². The number of pyridine rings is 1. The fourth-order valence-electron chi connectivity index (χ4n) is 6.11. The molecule has 252 valence electrons. The summed E-state index contributed by atoms with van der Waals surface area (Å²) in [5.41, 5.74) is 5.08. The minimum atomic E-state index is -0.430. The molecule has 6 rings (SSSR count). The van der Waals surface area contributed by atoms with E-state index >= 15 is 4.39 Å². The number of carbonyl (C=O) groups excluding carboxylic acids is 2. The molecule has 1 unspecified atom stereocenters. The first-order valence-corrected chi connectivity index (χ1v) is 16.4. The van der Waals surface area contributed by atoms with E-state index < -0.39 is 5.82 Å². The van der Waals surface area contributed by atoms with Gasteiger partial charge in [-0.15, -0.1) is 0 Å². The van der Waals surface area contributed by atoms with Crippen molar-refractivity contribution in [2.45, 2.75) is 51.7 Å². The zero-order chi connectivity index (χ0) is 34.7. The molecule has 0 saturated carbocycles. The van der Waals surface area contributed by atoms with Gasteiger partial charge in [-0.05, 0) is 76.6 Å². The number of halogens is 1. The molecule has 2 amide bonds. The summed E-state index contributed by atoms with van der Waals surface area (Å²) in [5.74, 6) is 0.572. The van der Waals surface area contributed by atoms with E-state index in [1.54, 1.807) is 36.4 Å². The molecule has 1 saturated heterocycles. The number of benzene rings is 3. The molecule has 1 atom stereocenters. The van der Waals surface area contributed by atoms with Crippen molar-refractivity contribution in [3.63, 3.8) is 0 Å². The molecule has 3 aromatic carbocycles. The maximum absolute atomic E-state index is 15.6. The number of fused-ring (bicyclic) bond motifs is 1. The first-order valence-electron chi connectivity index (χ1n) is 16.4. The van der Waals surface area contributed by atoms with Gasteiger partial charge in [-0.2, -0.15) is 5.10 Å². The largest absolute Gasteiger partial charge is 0.497 e. The Labute approximate surface area is 285 Å². The molecule has 1 aliphatic rings. The first-order chi connectivity index (χ1) is 23.5. The predicted octanol–water partition coefficient (Wildman–Crippen LogP) is 6.72. The van der Waals surface area contributed by atoms with E-state index in [0.717, 1.165) is 34.2 Å². The number of ether oxygens (including phenoxy) is 1. The van der Waals surface area contributed by atoms with Crippen LogP contribution in [0.25, 0.3) is 22.2 Å². The van der Waals surface area contributed by atoms with Gasteiger partial charge < -0.3 is 20.3 Å². The van der Waals surface area contributed by atoms with Gasteiger partial charge >= 0.3 is 0 Å². The average molecular weight is 661 g/mol. The quantitative estimate of drug-likeness (QED) is 0.161. The van der Waals surface area contributed by atoms with Gasteiger partial charge in [0.15, 0.2) is 11.5 Å². The van der Waals surface area contributed by atoms with Crippen LogP contribution < -0.4 is 15.4 Å². The van der Waals surface area contributed by atoms with Crippen LogP contribution in [0.4, 0.5) is 10.2 Å². The molecule has 10 heteroatoms. The second-order valence-electron chi connectivity index (χ2n) is 13.3. The number of nitrogens with zero attached hydrogens (tertiary/aromatic N) is 4. The molecule has 0 aliphatic carbocycles. The molecule has 5 aromatic rings. The number of carbonyl (C=O) groups is 2. The molecule has 0 bridgehead atoms. The minimum Gasteiger partial charge on any atom is -0.497 e. The lowest BCUT2D eigenvalue weighted by Crippen LogP contribution is -2.30. The molecule has 2 aromatic heterocycles. The Morgan fingerprint density at radius 3 is 2.49 bits per heavy atom. The second-order valence-corrected chi connectivity index (χ2v) is 13.3. The summed E-state index contributed by atoms with van der Waals surface area (Å²) in [4.78, 5) is 31.6. The van der Waals surface area contributed by atoms with E-state index in [1.807, 2.05) is 53.2 Å². The van der Waals surface area contributed by atoms with Crippen LogP contribution in [0.2, 0.25) is 0 Å². The summed E-state index contributed by atoms with van der Waals surface area (Å²) < 4.78 is 22.8. The molecule has 3 heterocycles. The third-order valence-electron chi connectivity index (χ3n) is 8.96. The van der Waals surface area contributed by atoms with Crippen molar-refractivity contribution in [2.24, 2.45) is 0 Å². The molecule has 1 fully saturated rings. The smallest absolute Gasteiger partial charge is 0.251 e. The molecule has 0 radical (unpaired) electrons. The minimum absolute atomic E-state index is 0.0180. The van der Waals surface area contributed by atoms with Crippen LogP contribution in [0.5, 0.6) is 5.75 Å². The third-order valence-corrected chi connectivity index (χ3v) is 8.96. The van der Waals surface area contributed by atoms with E-state index in [-0.39, 0.29) is 29.8 Å². The van der Waals surface area contributed by atoms with Gasteiger partial charge in [0.25, 0.3) is 5.91 Å². The van der Waals surface area contributed by atoms with Crippen LogP contribution >= 0.6 is 0 Å². The van der Waals surface area contributed by atoms with Crippen LogP contribution in [0.3, 0.4) is 0 Å². The van der Waals surface area contributed by atoms with E-state index in [4.69, 9.17) is 14.8 Å². The van der Waals surface area contributed by atoms with E-state index in [2.05, 4.69) is 38.0 Å². The number of amides is 2. The van der Waals surface area contributed by atoms with Gasteiger partial charge in [0.1, 0.15) is 11.6 Å². The highest BCUT2D eigenvalue weighted by atomic mass is 19.1. The molecular formula is C39H41FN6O3. The van der Waals surface area contributed by atoms with Crippen molar-refractivity contribution in [3.05, 3.63) is 120 Å². The second kappa shape index (κ2) is 13.9. The molecule has 2 N–H and O–H groups in total. The van der Waals surface area contributed by atoms with Crippen LogP contribution in [-0.4, -0.2) is 57.7 Å². The van der Waals surface area contributed by atoms with Crippen molar-refractivity contribution in [3.8, 4) is 16.9 Å². The van der Waals surface area contributed by atoms with Gasteiger partial charge in [0.05, 0.1) is 19.0 Å². The number of likely N-dealkylation sites (tertiary alicyclic amines) is 1. The van der Waals surface area contributed by atoms with Gasteiger partial charge in [-0.1, -0.05) is 63.7 Å². The number of rotatable bonds is 10. The standard InChI is InChI=1S/C39H41FN6O3/c1-6-34(47)45-20-18-30(24-45)43-36-35-32(17-19-41-37(35)46(44-36)23-25-7-15-31(49-5)16-8-25)27-9-10-28(33(40)21-27)22-42-38(48)26-11-13-29(14-12-26)39(2,3)4/h6-17,19,21,30H,1,18,20,22-24H2,2-5H3,(H,42,48)(H,43,44). The number of hydrogen-bond donors (Lipinski definition) is 2. The maximum atomic E-state index is 15.6. The molecule has 9 nitrogen and oxygen atoms in total. The Hall–Kier alpha value is -5.51. The summed E-state index contributed by atoms with van der Waals surface area (Å²) in [7, 11) is 1.63. The lowest BCUT2D eigenvalue weighted by molar-refractivity contribution is -0.125. The molecule has 0 spiro atoms. The van der Waals surface area contributed by atoms with Gasteiger partial charge in [0.2, 0.25) is 5.91 Å². The normalized spacial score (nSPS) is 14.6. The highest BCUT2D eigenvalue weighted by molar-refractivity contribution is 6.01. The zero-order valence-corrected chi connectivity index (χ0v) is 28.3. The van der Waals surface area contributed by atoms with E-state index in [1.165, 1.54) is 12.1 Å². The third kappa shape index (κ3) is 7.33. The van der Waals surface area contributed by atoms with Crippen molar-refractivity contribution < 1.29 is 18.7 Å². The SMILES string of the molecule is C=CC(=O)N1CCC(Nc2nn(Cc3ccc(OC)cc3)c3nccc(-c4ccc(CNC(=O)c5ccc(C(C)(C)C)cc5)c(F)c4)c23)C1. The van der Waals surface area contributed by atoms with Crippen LogP contribution in [0.1, 0.15) is 54.2 Å². The fourth-order valence-corrected chi connectivity index (χ4v) is 6.11. The number of aromatic nitrogens is 3. The van der Waals surface area contributed by atoms with Gasteiger partial charge in [0, 0.05) is 43.0 Å². The Bertz CT molecular complexity index is 2000. The monoisotopic (exact) mass is 660 g/mol.